The van der Waals surface area contributed by atoms with Crippen LogP contribution < -0.4 is 15.2 Å². The maximum atomic E-state index is 6.18. The maximum Gasteiger partial charge on any atom is 0.135 e. The Labute approximate surface area is 128 Å². The molecule has 0 spiro atoms. The molecule has 104 valence electrons. The molecule has 22 heavy (non-hydrogen) atoms. The Bertz CT molecular complexity index is 1070. The molecular formula is C21H14O. The van der Waals surface area contributed by atoms with Crippen molar-refractivity contribution in [3.63, 3.8) is 0 Å². The van der Waals surface area contributed by atoms with Crippen molar-refractivity contribution in [1.82, 2.24) is 0 Å². The van der Waals surface area contributed by atoms with Crippen molar-refractivity contribution in [2.24, 2.45) is 0 Å². The van der Waals surface area contributed by atoms with Crippen LogP contribution >= 0.6 is 0 Å². The normalized spacial score (nSPS) is 14.2. The lowest BCUT2D eigenvalue weighted by Gasteiger charge is -2.17. The number of fused-ring (bicyclic) bond motifs is 4. The van der Waals surface area contributed by atoms with E-state index in [9.17, 15) is 0 Å². The minimum absolute atomic E-state index is 0.942. The van der Waals surface area contributed by atoms with Crippen LogP contribution in [0.25, 0.3) is 29.0 Å². The van der Waals surface area contributed by atoms with Gasteiger partial charge in [0.1, 0.15) is 11.5 Å². The first kappa shape index (κ1) is 11.8. The number of rotatable bonds is 0. The largest absolute Gasteiger partial charge is 0.456 e. The van der Waals surface area contributed by atoms with E-state index in [-0.39, 0.29) is 0 Å². The van der Waals surface area contributed by atoms with Crippen molar-refractivity contribution < 1.29 is 4.74 Å². The van der Waals surface area contributed by atoms with E-state index in [0.29, 0.717) is 0 Å². The van der Waals surface area contributed by atoms with E-state index in [2.05, 4.69) is 72.8 Å². The Balaban J connectivity index is 1.80. The molecule has 0 fully saturated rings. The molecule has 1 heteroatoms. The second kappa shape index (κ2) is 4.35. The SMILES string of the molecule is C1=Cc2cc3c(cc2=CC1)Oc1cc2ccccc2cc1C=3. The van der Waals surface area contributed by atoms with Gasteiger partial charge in [0.05, 0.1) is 0 Å². The molecule has 0 radical (unpaired) electrons. The molecule has 2 aliphatic rings. The standard InChI is InChI=1S/C21H14O/c1-3-7-16-12-20-18(9-14(16)5-1)11-19-10-15-6-2-4-8-17(15)13-21(19)22-20/h1-3,5-13H,4H2. The minimum atomic E-state index is 0.942. The first-order valence-corrected chi connectivity index (χ1v) is 7.60. The second-order valence-electron chi connectivity index (χ2n) is 5.84. The Kier molecular flexibility index (Phi) is 2.33. The van der Waals surface area contributed by atoms with Crippen molar-refractivity contribution >= 4 is 29.0 Å². The molecule has 0 amide bonds. The Morgan fingerprint density at radius 1 is 0.773 bits per heavy atom. The minimum Gasteiger partial charge on any atom is -0.456 e. The van der Waals surface area contributed by atoms with Crippen molar-refractivity contribution in [2.75, 3.05) is 0 Å². The van der Waals surface area contributed by atoms with Crippen LogP contribution in [0.1, 0.15) is 17.5 Å². The predicted octanol–water partition coefficient (Wildman–Crippen LogP) is 3.97. The second-order valence-corrected chi connectivity index (χ2v) is 5.84. The van der Waals surface area contributed by atoms with Crippen LogP contribution in [0, 0.1) is 0 Å². The summed E-state index contributed by atoms with van der Waals surface area (Å²) in [5.74, 6) is 1.89. The quantitative estimate of drug-likeness (QED) is 0.474. The van der Waals surface area contributed by atoms with Crippen LogP contribution in [0.4, 0.5) is 0 Å². The summed E-state index contributed by atoms with van der Waals surface area (Å²) in [7, 11) is 0. The van der Waals surface area contributed by atoms with Crippen molar-refractivity contribution in [3.05, 3.63) is 76.2 Å². The fraction of sp³-hybridized carbons (Fsp3) is 0.0476. The van der Waals surface area contributed by atoms with E-state index < -0.39 is 0 Å². The summed E-state index contributed by atoms with van der Waals surface area (Å²) in [6, 6.07) is 17.1. The van der Waals surface area contributed by atoms with Crippen LogP contribution in [-0.2, 0) is 0 Å². The zero-order valence-electron chi connectivity index (χ0n) is 12.0. The van der Waals surface area contributed by atoms with E-state index in [0.717, 1.165) is 28.7 Å². The molecule has 1 aliphatic carbocycles. The molecule has 0 saturated heterocycles. The fourth-order valence-electron chi connectivity index (χ4n) is 3.27. The summed E-state index contributed by atoms with van der Waals surface area (Å²) in [6.07, 6.45) is 9.86. The van der Waals surface area contributed by atoms with Gasteiger partial charge in [-0.05, 0) is 58.3 Å². The van der Waals surface area contributed by atoms with E-state index in [1.165, 1.54) is 21.6 Å². The van der Waals surface area contributed by atoms with E-state index in [1.54, 1.807) is 0 Å². The summed E-state index contributed by atoms with van der Waals surface area (Å²) in [5, 5.41) is 4.88. The number of benzene rings is 3. The van der Waals surface area contributed by atoms with Crippen LogP contribution in [0.3, 0.4) is 0 Å². The molecule has 1 aliphatic heterocycles. The zero-order chi connectivity index (χ0) is 14.5. The first-order chi connectivity index (χ1) is 10.9. The highest BCUT2D eigenvalue weighted by atomic mass is 16.5. The zero-order valence-corrected chi connectivity index (χ0v) is 12.0. The Morgan fingerprint density at radius 2 is 1.64 bits per heavy atom. The number of ether oxygens (including phenoxy) is 1. The van der Waals surface area contributed by atoms with Gasteiger partial charge >= 0.3 is 0 Å². The van der Waals surface area contributed by atoms with Gasteiger partial charge in [-0.25, -0.2) is 0 Å². The highest BCUT2D eigenvalue weighted by Crippen LogP contribution is 2.32. The molecule has 1 heterocycles. The van der Waals surface area contributed by atoms with Crippen LogP contribution in [0.15, 0.2) is 54.6 Å². The molecule has 0 saturated carbocycles. The average molecular weight is 282 g/mol. The van der Waals surface area contributed by atoms with Crippen molar-refractivity contribution in [1.29, 1.82) is 0 Å². The summed E-state index contributed by atoms with van der Waals surface area (Å²) in [6.45, 7) is 0. The third-order valence-corrected chi connectivity index (χ3v) is 4.40. The highest BCUT2D eigenvalue weighted by Gasteiger charge is 2.13. The van der Waals surface area contributed by atoms with Gasteiger partial charge in [0.15, 0.2) is 0 Å². The summed E-state index contributed by atoms with van der Waals surface area (Å²) in [5.41, 5.74) is 2.42. The molecular weight excluding hydrogens is 268 g/mol. The van der Waals surface area contributed by atoms with Gasteiger partial charge in [-0.3, -0.25) is 0 Å². The Morgan fingerprint density at radius 3 is 2.55 bits per heavy atom. The highest BCUT2D eigenvalue weighted by molar-refractivity contribution is 5.88. The third-order valence-electron chi connectivity index (χ3n) is 4.40. The van der Waals surface area contributed by atoms with Gasteiger partial charge in [0.2, 0.25) is 0 Å². The first-order valence-electron chi connectivity index (χ1n) is 7.60. The molecule has 0 aromatic heterocycles. The van der Waals surface area contributed by atoms with E-state index in [1.807, 2.05) is 0 Å². The smallest absolute Gasteiger partial charge is 0.135 e. The Hall–Kier alpha value is -2.80. The molecule has 0 N–H and O–H groups in total. The molecule has 1 nitrogen and oxygen atoms in total. The fourth-order valence-corrected chi connectivity index (χ4v) is 3.27. The van der Waals surface area contributed by atoms with Crippen molar-refractivity contribution in [2.45, 2.75) is 6.42 Å². The van der Waals surface area contributed by atoms with Crippen molar-refractivity contribution in [3.8, 4) is 11.5 Å². The van der Waals surface area contributed by atoms with Crippen LogP contribution in [-0.4, -0.2) is 0 Å². The molecule has 3 aromatic carbocycles. The summed E-state index contributed by atoms with van der Waals surface area (Å²) < 4.78 is 6.18. The summed E-state index contributed by atoms with van der Waals surface area (Å²) in [4.78, 5) is 0. The lowest BCUT2D eigenvalue weighted by molar-refractivity contribution is 0.473. The molecule has 5 rings (SSSR count). The number of hydrogen-bond acceptors (Lipinski definition) is 1. The van der Waals surface area contributed by atoms with Gasteiger partial charge in [0, 0.05) is 10.8 Å². The van der Waals surface area contributed by atoms with E-state index >= 15 is 0 Å². The van der Waals surface area contributed by atoms with Crippen LogP contribution in [0.2, 0.25) is 0 Å². The number of allylic oxidation sites excluding steroid dienone is 1. The lowest BCUT2D eigenvalue weighted by Crippen LogP contribution is -2.18. The maximum absolute atomic E-state index is 6.18. The molecule has 0 unspecified atom stereocenters. The summed E-state index contributed by atoms with van der Waals surface area (Å²) >= 11 is 0. The lowest BCUT2D eigenvalue weighted by atomic mass is 10.00. The van der Waals surface area contributed by atoms with Gasteiger partial charge in [0.25, 0.3) is 0 Å². The third kappa shape index (κ3) is 1.72. The van der Waals surface area contributed by atoms with Gasteiger partial charge < -0.3 is 4.74 Å². The number of hydrogen-bond donors (Lipinski definition) is 0. The molecule has 0 atom stereocenters. The topological polar surface area (TPSA) is 9.23 Å². The monoisotopic (exact) mass is 282 g/mol. The molecule has 0 bridgehead atoms. The molecule has 3 aromatic rings. The van der Waals surface area contributed by atoms with Crippen LogP contribution in [0.5, 0.6) is 11.5 Å². The van der Waals surface area contributed by atoms with Gasteiger partial charge in [-0.15, -0.1) is 0 Å². The van der Waals surface area contributed by atoms with E-state index in [4.69, 9.17) is 4.74 Å². The van der Waals surface area contributed by atoms with Gasteiger partial charge in [-0.1, -0.05) is 42.5 Å². The average Bonchev–Trinajstić information content (AvgIpc) is 2.56. The van der Waals surface area contributed by atoms with Gasteiger partial charge in [-0.2, -0.15) is 0 Å². The predicted molar refractivity (Wildman–Crippen MR) is 91.4 cm³/mol.